The van der Waals surface area contributed by atoms with Crippen LogP contribution in [0, 0.1) is 5.82 Å². The number of aromatic nitrogens is 4. The number of rotatable bonds is 4. The van der Waals surface area contributed by atoms with Gasteiger partial charge >= 0.3 is 5.69 Å². The Kier molecular flexibility index (Phi) is 5.16. The average Bonchev–Trinajstić information content (AvgIpc) is 3.00. The predicted octanol–water partition coefficient (Wildman–Crippen LogP) is 2.14. The van der Waals surface area contributed by atoms with Crippen LogP contribution in [0.15, 0.2) is 34.0 Å². The summed E-state index contributed by atoms with van der Waals surface area (Å²) in [5, 5.41) is 11.6. The predicted molar refractivity (Wildman–Crippen MR) is 95.3 cm³/mol. The van der Waals surface area contributed by atoms with Crippen LogP contribution < -0.4 is 16.6 Å². The Morgan fingerprint density at radius 3 is 2.81 bits per heavy atom. The van der Waals surface area contributed by atoms with E-state index in [1.165, 1.54) is 0 Å². The molecule has 26 heavy (non-hydrogen) atoms. The maximum atomic E-state index is 13.2. The van der Waals surface area contributed by atoms with Crippen molar-refractivity contribution in [2.45, 2.75) is 6.54 Å². The van der Waals surface area contributed by atoms with E-state index in [1.54, 1.807) is 23.2 Å². The van der Waals surface area contributed by atoms with E-state index in [0.29, 0.717) is 26.8 Å². The summed E-state index contributed by atoms with van der Waals surface area (Å²) in [4.78, 5) is 36.3. The highest BCUT2D eigenvalue weighted by Gasteiger charge is 2.14. The normalized spacial score (nSPS) is 10.7. The van der Waals surface area contributed by atoms with Gasteiger partial charge in [0, 0.05) is 10.6 Å². The third kappa shape index (κ3) is 3.98. The number of H-pyrrole nitrogens is 1. The van der Waals surface area contributed by atoms with Gasteiger partial charge in [-0.2, -0.15) is 4.39 Å². The average molecular weight is 416 g/mol. The summed E-state index contributed by atoms with van der Waals surface area (Å²) in [6.45, 7) is -0.511. The molecule has 3 rings (SSSR count). The molecule has 8 nitrogen and oxygen atoms in total. The second-order valence-corrected chi connectivity index (χ2v) is 6.77. The zero-order valence-electron chi connectivity index (χ0n) is 12.6. The van der Waals surface area contributed by atoms with Crippen molar-refractivity contribution in [3.05, 3.63) is 61.1 Å². The summed E-state index contributed by atoms with van der Waals surface area (Å²) in [5.74, 6) is -1.82. The van der Waals surface area contributed by atoms with Crippen molar-refractivity contribution in [2.24, 2.45) is 0 Å². The fraction of sp³-hybridized carbons (Fsp3) is 0.0714. The van der Waals surface area contributed by atoms with Crippen LogP contribution in [0.25, 0.3) is 10.6 Å². The molecule has 0 saturated heterocycles. The molecule has 1 aromatic carbocycles. The lowest BCUT2D eigenvalue weighted by atomic mass is 10.2. The first kappa shape index (κ1) is 18.2. The first-order chi connectivity index (χ1) is 12.3. The molecule has 0 radical (unpaired) electrons. The van der Waals surface area contributed by atoms with Gasteiger partial charge < -0.3 is 0 Å². The number of carbonyl (C=O) groups is 1. The molecular formula is C14H8Cl2FN5O3S. The number of carbonyl (C=O) groups excluding carboxylic acids is 1. The second kappa shape index (κ2) is 7.36. The molecule has 2 N–H and O–H groups in total. The van der Waals surface area contributed by atoms with Crippen molar-refractivity contribution in [1.29, 1.82) is 0 Å². The van der Waals surface area contributed by atoms with Gasteiger partial charge in [0.25, 0.3) is 5.56 Å². The molecule has 0 saturated carbocycles. The molecule has 3 aromatic rings. The maximum Gasteiger partial charge on any atom is 0.328 e. The topological polar surface area (TPSA) is 110 Å². The number of hydrogen-bond donors (Lipinski definition) is 2. The highest BCUT2D eigenvalue weighted by Crippen LogP contribution is 2.33. The maximum absolute atomic E-state index is 13.2. The third-order valence-corrected chi connectivity index (χ3v) is 4.53. The Hall–Kier alpha value is -2.56. The summed E-state index contributed by atoms with van der Waals surface area (Å²) in [6.07, 6.45) is 0.653. The van der Waals surface area contributed by atoms with E-state index in [0.717, 1.165) is 15.9 Å². The second-order valence-electron chi connectivity index (χ2n) is 4.95. The lowest BCUT2D eigenvalue weighted by Crippen LogP contribution is -2.34. The van der Waals surface area contributed by atoms with Crippen molar-refractivity contribution in [1.82, 2.24) is 19.7 Å². The zero-order valence-corrected chi connectivity index (χ0v) is 15.0. The van der Waals surface area contributed by atoms with Crippen molar-refractivity contribution >= 4 is 45.6 Å². The molecule has 0 bridgehead atoms. The number of amides is 1. The molecule has 1 amide bonds. The number of anilines is 1. The van der Waals surface area contributed by atoms with Gasteiger partial charge in [0.05, 0.1) is 11.2 Å². The highest BCUT2D eigenvalue weighted by molar-refractivity contribution is 7.18. The van der Waals surface area contributed by atoms with E-state index >= 15 is 0 Å². The van der Waals surface area contributed by atoms with Gasteiger partial charge in [-0.1, -0.05) is 34.5 Å². The number of benzene rings is 1. The van der Waals surface area contributed by atoms with Crippen LogP contribution in [0.1, 0.15) is 0 Å². The van der Waals surface area contributed by atoms with E-state index in [4.69, 9.17) is 23.2 Å². The number of hydrogen-bond acceptors (Lipinski definition) is 6. The van der Waals surface area contributed by atoms with Crippen LogP contribution in [0.5, 0.6) is 0 Å². The van der Waals surface area contributed by atoms with Crippen molar-refractivity contribution in [3.8, 4) is 10.6 Å². The fourth-order valence-electron chi connectivity index (χ4n) is 1.96. The lowest BCUT2D eigenvalue weighted by Gasteiger charge is -2.04. The molecular weight excluding hydrogens is 408 g/mol. The summed E-state index contributed by atoms with van der Waals surface area (Å²) < 4.78 is 13.9. The van der Waals surface area contributed by atoms with Gasteiger partial charge in [-0.3, -0.25) is 24.5 Å². The molecule has 0 spiro atoms. The van der Waals surface area contributed by atoms with Gasteiger partial charge in [-0.15, -0.1) is 10.2 Å². The smallest absolute Gasteiger partial charge is 0.299 e. The van der Waals surface area contributed by atoms with Crippen LogP contribution in [-0.2, 0) is 11.3 Å². The van der Waals surface area contributed by atoms with Crippen LogP contribution in [0.2, 0.25) is 10.0 Å². The Labute approximate surface area is 158 Å². The molecule has 0 aliphatic rings. The molecule has 0 unspecified atom stereocenters. The van der Waals surface area contributed by atoms with E-state index in [2.05, 4.69) is 15.5 Å². The quantitative estimate of drug-likeness (QED) is 0.677. The summed E-state index contributed by atoms with van der Waals surface area (Å²) >= 11 is 13.0. The lowest BCUT2D eigenvalue weighted by molar-refractivity contribution is -0.116. The van der Waals surface area contributed by atoms with Gasteiger partial charge in [0.1, 0.15) is 6.54 Å². The van der Waals surface area contributed by atoms with Crippen LogP contribution in [-0.4, -0.2) is 25.7 Å². The Bertz CT molecular complexity index is 1110. The Morgan fingerprint density at radius 1 is 1.31 bits per heavy atom. The molecule has 0 aliphatic carbocycles. The van der Waals surface area contributed by atoms with Gasteiger partial charge in [0.2, 0.25) is 16.9 Å². The van der Waals surface area contributed by atoms with E-state index in [1.807, 2.05) is 0 Å². The number of aromatic amines is 1. The molecule has 0 fully saturated rings. The Morgan fingerprint density at radius 2 is 2.08 bits per heavy atom. The van der Waals surface area contributed by atoms with Crippen molar-refractivity contribution in [3.63, 3.8) is 0 Å². The van der Waals surface area contributed by atoms with Crippen molar-refractivity contribution < 1.29 is 9.18 Å². The van der Waals surface area contributed by atoms with E-state index < -0.39 is 29.5 Å². The minimum absolute atomic E-state index is 0.161. The fourth-order valence-corrected chi connectivity index (χ4v) is 3.31. The minimum Gasteiger partial charge on any atom is -0.299 e. The summed E-state index contributed by atoms with van der Waals surface area (Å²) in [7, 11) is 0. The monoisotopic (exact) mass is 415 g/mol. The van der Waals surface area contributed by atoms with Gasteiger partial charge in [-0.25, -0.2) is 4.79 Å². The van der Waals surface area contributed by atoms with E-state index in [-0.39, 0.29) is 5.13 Å². The van der Waals surface area contributed by atoms with E-state index in [9.17, 15) is 18.8 Å². The van der Waals surface area contributed by atoms with Crippen LogP contribution >= 0.6 is 34.5 Å². The number of nitrogens with one attached hydrogen (secondary N) is 2. The molecule has 2 aromatic heterocycles. The molecule has 2 heterocycles. The largest absolute Gasteiger partial charge is 0.328 e. The summed E-state index contributed by atoms with van der Waals surface area (Å²) in [6, 6.07) is 4.86. The van der Waals surface area contributed by atoms with Gasteiger partial charge in [-0.05, 0) is 18.2 Å². The Balaban J connectivity index is 1.75. The molecule has 0 atom stereocenters. The molecule has 134 valence electrons. The molecule has 0 aliphatic heterocycles. The van der Waals surface area contributed by atoms with Crippen LogP contribution in [0.3, 0.4) is 0 Å². The number of nitrogens with zero attached hydrogens (tertiary/aromatic N) is 3. The van der Waals surface area contributed by atoms with Crippen LogP contribution in [0.4, 0.5) is 9.52 Å². The molecule has 12 heteroatoms. The third-order valence-electron chi connectivity index (χ3n) is 3.11. The van der Waals surface area contributed by atoms with Crippen molar-refractivity contribution in [2.75, 3.05) is 5.32 Å². The number of halogens is 3. The highest BCUT2D eigenvalue weighted by atomic mass is 35.5. The standard InChI is InChI=1S/C14H8Cl2FN5O3S/c15-6-1-2-7(8(16)3-6)12-20-21-13(26-12)18-10(23)5-22-4-9(17)11(24)19-14(22)25/h1-4H,5H2,(H,18,21,23)(H,19,24,25). The minimum atomic E-state index is -1.17. The first-order valence-electron chi connectivity index (χ1n) is 6.91. The zero-order chi connectivity index (χ0) is 18.8. The summed E-state index contributed by atoms with van der Waals surface area (Å²) in [5.41, 5.74) is -1.47. The van der Waals surface area contributed by atoms with Gasteiger partial charge in [0.15, 0.2) is 5.01 Å². The first-order valence-corrected chi connectivity index (χ1v) is 8.49. The SMILES string of the molecule is O=C(Cn1cc(F)c(=O)[nH]c1=O)Nc1nnc(-c2ccc(Cl)cc2Cl)s1.